The van der Waals surface area contributed by atoms with Gasteiger partial charge in [0.15, 0.2) is 0 Å². The third kappa shape index (κ3) is 4.99. The monoisotopic (exact) mass is 455 g/mol. The first-order valence-corrected chi connectivity index (χ1v) is 10.4. The Morgan fingerprint density at radius 1 is 0.971 bits per heavy atom. The largest absolute Gasteiger partial charge is 0.368 e. The van der Waals surface area contributed by atoms with Crippen LogP contribution >= 0.6 is 0 Å². The van der Waals surface area contributed by atoms with Crippen LogP contribution in [-0.2, 0) is 16.0 Å². The number of benzene rings is 3. The van der Waals surface area contributed by atoms with Gasteiger partial charge in [0.25, 0.3) is 5.69 Å². The first kappa shape index (κ1) is 22.4. The molecule has 0 aliphatic rings. The van der Waals surface area contributed by atoms with E-state index in [1.165, 1.54) is 12.1 Å². The number of aromatic nitrogens is 2. The fourth-order valence-corrected chi connectivity index (χ4v) is 3.59. The van der Waals surface area contributed by atoms with Gasteiger partial charge in [-0.2, -0.15) is 5.10 Å². The molecule has 1 atom stereocenters. The molecule has 9 nitrogen and oxygen atoms in total. The zero-order valence-electron chi connectivity index (χ0n) is 18.0. The minimum Gasteiger partial charge on any atom is -0.368 e. The molecule has 0 bridgehead atoms. The summed E-state index contributed by atoms with van der Waals surface area (Å²) < 4.78 is 1.64. The Morgan fingerprint density at radius 2 is 1.59 bits per heavy atom. The molecule has 0 aliphatic carbocycles. The van der Waals surface area contributed by atoms with Crippen LogP contribution in [0.3, 0.4) is 0 Å². The lowest BCUT2D eigenvalue weighted by Gasteiger charge is -2.15. The van der Waals surface area contributed by atoms with Crippen LogP contribution in [0.4, 0.5) is 5.69 Å². The summed E-state index contributed by atoms with van der Waals surface area (Å²) in [5.41, 5.74) is 8.57. The number of carbonyl (C=O) groups excluding carboxylic acids is 2. The minimum atomic E-state index is -0.972. The second kappa shape index (κ2) is 9.78. The van der Waals surface area contributed by atoms with Crippen LogP contribution in [0.15, 0.2) is 91.1 Å². The SMILES string of the molecule is NC(=O)C(NC(=O)Cc1cn(-c2ccccc2)nc1-c1ccc([N+](=O)[O-])cc1)c1ccccc1. The summed E-state index contributed by atoms with van der Waals surface area (Å²) >= 11 is 0. The Balaban J connectivity index is 1.65. The van der Waals surface area contributed by atoms with E-state index in [4.69, 9.17) is 5.73 Å². The van der Waals surface area contributed by atoms with Crippen molar-refractivity contribution < 1.29 is 14.5 Å². The number of primary amides is 1. The van der Waals surface area contributed by atoms with Gasteiger partial charge in [0.1, 0.15) is 6.04 Å². The molecule has 4 aromatic rings. The second-order valence-corrected chi connectivity index (χ2v) is 7.58. The Morgan fingerprint density at radius 3 is 2.18 bits per heavy atom. The van der Waals surface area contributed by atoms with E-state index in [1.807, 2.05) is 30.3 Å². The molecule has 1 aromatic heterocycles. The van der Waals surface area contributed by atoms with E-state index < -0.39 is 22.8 Å². The van der Waals surface area contributed by atoms with Crippen molar-refractivity contribution >= 4 is 17.5 Å². The number of amides is 2. The molecule has 0 spiro atoms. The Kier molecular flexibility index (Phi) is 6.45. The smallest absolute Gasteiger partial charge is 0.269 e. The van der Waals surface area contributed by atoms with Gasteiger partial charge < -0.3 is 11.1 Å². The van der Waals surface area contributed by atoms with Crippen LogP contribution in [0, 0.1) is 10.1 Å². The Labute approximate surface area is 195 Å². The molecular weight excluding hydrogens is 434 g/mol. The topological polar surface area (TPSA) is 133 Å². The summed E-state index contributed by atoms with van der Waals surface area (Å²) in [7, 11) is 0. The van der Waals surface area contributed by atoms with Gasteiger partial charge in [0, 0.05) is 29.5 Å². The standard InChI is InChI=1S/C25H21N5O4/c26-25(32)24(17-7-3-1-4-8-17)27-22(31)15-19-16-29(20-9-5-2-6-10-20)28-23(19)18-11-13-21(14-12-18)30(33)34/h1-14,16,24H,15H2,(H2,26,32)(H,27,31). The van der Waals surface area contributed by atoms with E-state index in [0.29, 0.717) is 22.4 Å². The molecule has 0 fully saturated rings. The van der Waals surface area contributed by atoms with Gasteiger partial charge in [-0.15, -0.1) is 0 Å². The van der Waals surface area contributed by atoms with Crippen molar-refractivity contribution in [2.75, 3.05) is 0 Å². The van der Waals surface area contributed by atoms with Crippen LogP contribution in [0.1, 0.15) is 17.2 Å². The van der Waals surface area contributed by atoms with Crippen LogP contribution in [0.5, 0.6) is 0 Å². The summed E-state index contributed by atoms with van der Waals surface area (Å²) in [4.78, 5) is 35.5. The molecular formula is C25H21N5O4. The van der Waals surface area contributed by atoms with Crippen molar-refractivity contribution in [2.24, 2.45) is 5.73 Å². The number of hydrogen-bond acceptors (Lipinski definition) is 5. The number of nitro benzene ring substituents is 1. The number of hydrogen-bond donors (Lipinski definition) is 2. The summed E-state index contributed by atoms with van der Waals surface area (Å²) in [6.45, 7) is 0. The van der Waals surface area contributed by atoms with Crippen molar-refractivity contribution in [2.45, 2.75) is 12.5 Å². The number of nitrogens with one attached hydrogen (secondary N) is 1. The van der Waals surface area contributed by atoms with Gasteiger partial charge in [0.2, 0.25) is 11.8 Å². The third-order valence-corrected chi connectivity index (χ3v) is 5.24. The van der Waals surface area contributed by atoms with E-state index in [2.05, 4.69) is 10.4 Å². The lowest BCUT2D eigenvalue weighted by Crippen LogP contribution is -2.38. The average Bonchev–Trinajstić information content (AvgIpc) is 3.27. The molecule has 0 radical (unpaired) electrons. The van der Waals surface area contributed by atoms with E-state index in [1.54, 1.807) is 53.3 Å². The molecule has 34 heavy (non-hydrogen) atoms. The van der Waals surface area contributed by atoms with Crippen molar-refractivity contribution in [1.82, 2.24) is 15.1 Å². The quantitative estimate of drug-likeness (QED) is 0.311. The Bertz CT molecular complexity index is 1320. The zero-order chi connectivity index (χ0) is 24.1. The van der Waals surface area contributed by atoms with Gasteiger partial charge in [0.05, 0.1) is 22.7 Å². The maximum Gasteiger partial charge on any atom is 0.269 e. The van der Waals surface area contributed by atoms with Crippen LogP contribution in [0.2, 0.25) is 0 Å². The maximum absolute atomic E-state index is 12.9. The van der Waals surface area contributed by atoms with Gasteiger partial charge in [-0.1, -0.05) is 48.5 Å². The van der Waals surface area contributed by atoms with Crippen molar-refractivity contribution in [3.63, 3.8) is 0 Å². The highest BCUT2D eigenvalue weighted by Crippen LogP contribution is 2.26. The lowest BCUT2D eigenvalue weighted by atomic mass is 10.0. The number of non-ortho nitro benzene ring substituents is 1. The van der Waals surface area contributed by atoms with E-state index in [9.17, 15) is 19.7 Å². The second-order valence-electron chi connectivity index (χ2n) is 7.58. The fraction of sp³-hybridized carbons (Fsp3) is 0.0800. The van der Waals surface area contributed by atoms with Crippen LogP contribution < -0.4 is 11.1 Å². The number of nitrogens with two attached hydrogens (primary N) is 1. The highest BCUT2D eigenvalue weighted by molar-refractivity contribution is 5.89. The minimum absolute atomic E-state index is 0.0438. The molecule has 1 heterocycles. The normalized spacial score (nSPS) is 11.5. The summed E-state index contributed by atoms with van der Waals surface area (Å²) in [5, 5.41) is 18.3. The molecule has 3 N–H and O–H groups in total. The predicted molar refractivity (Wildman–Crippen MR) is 126 cm³/mol. The van der Waals surface area contributed by atoms with Gasteiger partial charge in [-0.05, 0) is 29.8 Å². The van der Waals surface area contributed by atoms with Gasteiger partial charge >= 0.3 is 0 Å². The highest BCUT2D eigenvalue weighted by atomic mass is 16.6. The number of nitro groups is 1. The number of para-hydroxylation sites is 1. The predicted octanol–water partition coefficient (Wildman–Crippen LogP) is 3.33. The molecule has 4 rings (SSSR count). The van der Waals surface area contributed by atoms with Crippen LogP contribution in [-0.4, -0.2) is 26.5 Å². The van der Waals surface area contributed by atoms with Crippen LogP contribution in [0.25, 0.3) is 16.9 Å². The molecule has 0 aliphatic heterocycles. The summed E-state index contributed by atoms with van der Waals surface area (Å²) in [5.74, 6) is -1.08. The molecule has 9 heteroatoms. The van der Waals surface area contributed by atoms with E-state index >= 15 is 0 Å². The Hall–Kier alpha value is -4.79. The molecule has 2 amide bonds. The van der Waals surface area contributed by atoms with Gasteiger partial charge in [-0.25, -0.2) is 4.68 Å². The average molecular weight is 455 g/mol. The summed E-state index contributed by atoms with van der Waals surface area (Å²) in [6.07, 6.45) is 1.66. The lowest BCUT2D eigenvalue weighted by molar-refractivity contribution is -0.384. The van der Waals surface area contributed by atoms with E-state index in [0.717, 1.165) is 5.69 Å². The van der Waals surface area contributed by atoms with E-state index in [-0.39, 0.29) is 12.1 Å². The number of rotatable bonds is 8. The first-order chi connectivity index (χ1) is 16.4. The molecule has 0 saturated heterocycles. The molecule has 1 unspecified atom stereocenters. The number of nitrogens with zero attached hydrogens (tertiary/aromatic N) is 3. The van der Waals surface area contributed by atoms with Crippen molar-refractivity contribution in [1.29, 1.82) is 0 Å². The maximum atomic E-state index is 12.9. The molecule has 0 saturated carbocycles. The highest BCUT2D eigenvalue weighted by Gasteiger charge is 2.22. The number of carbonyl (C=O) groups is 2. The van der Waals surface area contributed by atoms with Gasteiger partial charge in [-0.3, -0.25) is 19.7 Å². The third-order valence-electron chi connectivity index (χ3n) is 5.24. The fourth-order valence-electron chi connectivity index (χ4n) is 3.59. The molecule has 3 aromatic carbocycles. The van der Waals surface area contributed by atoms with Crippen molar-refractivity contribution in [3.05, 3.63) is 112 Å². The molecule has 170 valence electrons. The zero-order valence-corrected chi connectivity index (χ0v) is 18.0. The summed E-state index contributed by atoms with van der Waals surface area (Å²) in [6, 6.07) is 23.1. The van der Waals surface area contributed by atoms with Crippen molar-refractivity contribution in [3.8, 4) is 16.9 Å². The first-order valence-electron chi connectivity index (χ1n) is 10.4.